The largest absolute Gasteiger partial charge is 0.493 e. The van der Waals surface area contributed by atoms with Gasteiger partial charge in [-0.05, 0) is 26.0 Å². The van der Waals surface area contributed by atoms with Gasteiger partial charge in [0.05, 0.1) is 26.9 Å². The fourth-order valence-electron chi connectivity index (χ4n) is 2.05. The predicted octanol–water partition coefficient (Wildman–Crippen LogP) is 2.37. The van der Waals surface area contributed by atoms with Crippen molar-refractivity contribution in [3.05, 3.63) is 23.4 Å². The molecule has 0 amide bonds. The molecule has 1 aromatic heterocycles. The second-order valence-corrected chi connectivity index (χ2v) is 4.52. The summed E-state index contributed by atoms with van der Waals surface area (Å²) >= 11 is 0. The molecule has 0 bridgehead atoms. The van der Waals surface area contributed by atoms with Crippen LogP contribution >= 0.6 is 0 Å². The van der Waals surface area contributed by atoms with Crippen LogP contribution in [0.1, 0.15) is 11.3 Å². The quantitative estimate of drug-likeness (QED) is 0.930. The van der Waals surface area contributed by atoms with Gasteiger partial charge in [0.25, 0.3) is 0 Å². The first kappa shape index (κ1) is 14.9. The molecular weight excluding hydrogens is 270 g/mol. The highest BCUT2D eigenvalue weighted by Gasteiger charge is 2.19. The summed E-state index contributed by atoms with van der Waals surface area (Å²) in [5.41, 5.74) is 8.33. The van der Waals surface area contributed by atoms with E-state index in [1.54, 1.807) is 27.4 Å². The van der Waals surface area contributed by atoms with Crippen LogP contribution in [0.2, 0.25) is 0 Å². The topological polar surface area (TPSA) is 79.5 Å². The number of rotatable bonds is 4. The third-order valence-corrected chi connectivity index (χ3v) is 3.37. The van der Waals surface area contributed by atoms with Crippen LogP contribution in [0, 0.1) is 13.8 Å². The first-order valence-electron chi connectivity index (χ1n) is 6.43. The fourth-order valence-corrected chi connectivity index (χ4v) is 2.05. The molecule has 112 valence electrons. The Balaban J connectivity index is 2.69. The van der Waals surface area contributed by atoms with Crippen LogP contribution in [0.4, 0.5) is 5.82 Å². The zero-order chi connectivity index (χ0) is 15.6. The van der Waals surface area contributed by atoms with Crippen molar-refractivity contribution in [2.24, 2.45) is 0 Å². The van der Waals surface area contributed by atoms with Crippen molar-refractivity contribution in [3.8, 4) is 28.6 Å². The minimum Gasteiger partial charge on any atom is -0.493 e. The van der Waals surface area contributed by atoms with E-state index >= 15 is 0 Å². The summed E-state index contributed by atoms with van der Waals surface area (Å²) in [6.45, 7) is 3.78. The van der Waals surface area contributed by atoms with Crippen molar-refractivity contribution in [2.45, 2.75) is 13.8 Å². The van der Waals surface area contributed by atoms with E-state index in [4.69, 9.17) is 19.9 Å². The van der Waals surface area contributed by atoms with Gasteiger partial charge in [0.2, 0.25) is 5.75 Å². The summed E-state index contributed by atoms with van der Waals surface area (Å²) in [6.07, 6.45) is 0. The molecule has 0 unspecified atom stereocenters. The second-order valence-electron chi connectivity index (χ2n) is 4.52. The van der Waals surface area contributed by atoms with Crippen LogP contribution in [-0.4, -0.2) is 31.3 Å². The molecule has 0 saturated heterocycles. The van der Waals surface area contributed by atoms with Crippen LogP contribution in [-0.2, 0) is 0 Å². The summed E-state index contributed by atoms with van der Waals surface area (Å²) in [7, 11) is 4.69. The second kappa shape index (κ2) is 5.87. The molecule has 1 aromatic carbocycles. The smallest absolute Gasteiger partial charge is 0.204 e. The molecule has 0 radical (unpaired) electrons. The maximum Gasteiger partial charge on any atom is 0.204 e. The van der Waals surface area contributed by atoms with Gasteiger partial charge in [-0.1, -0.05) is 0 Å². The zero-order valence-electron chi connectivity index (χ0n) is 12.9. The number of nitrogen functional groups attached to an aromatic ring is 1. The molecule has 0 spiro atoms. The van der Waals surface area contributed by atoms with Gasteiger partial charge in [-0.25, -0.2) is 9.97 Å². The number of hydrogen-bond donors (Lipinski definition) is 1. The summed E-state index contributed by atoms with van der Waals surface area (Å²) in [4.78, 5) is 8.81. The van der Waals surface area contributed by atoms with E-state index in [0.29, 0.717) is 34.5 Å². The van der Waals surface area contributed by atoms with Gasteiger partial charge in [-0.2, -0.15) is 0 Å². The Morgan fingerprint density at radius 2 is 1.57 bits per heavy atom. The minimum atomic E-state index is 0.453. The van der Waals surface area contributed by atoms with Gasteiger partial charge in [-0.15, -0.1) is 0 Å². The molecule has 2 N–H and O–H groups in total. The number of methoxy groups -OCH3 is 3. The molecule has 0 atom stereocenters. The first-order valence-corrected chi connectivity index (χ1v) is 6.43. The lowest BCUT2D eigenvalue weighted by atomic mass is 10.1. The lowest BCUT2D eigenvalue weighted by Crippen LogP contribution is -2.04. The van der Waals surface area contributed by atoms with E-state index in [0.717, 1.165) is 11.3 Å². The summed E-state index contributed by atoms with van der Waals surface area (Å²) in [6, 6.07) is 3.61. The molecular formula is C15H19N3O3. The Morgan fingerprint density at radius 3 is 2.10 bits per heavy atom. The predicted molar refractivity (Wildman–Crippen MR) is 81.0 cm³/mol. The van der Waals surface area contributed by atoms with E-state index in [1.807, 2.05) is 19.9 Å². The van der Waals surface area contributed by atoms with Crippen molar-refractivity contribution in [3.63, 3.8) is 0 Å². The Labute approximate surface area is 123 Å². The van der Waals surface area contributed by atoms with Crippen LogP contribution in [0.15, 0.2) is 12.1 Å². The summed E-state index contributed by atoms with van der Waals surface area (Å²) in [5.74, 6) is 2.54. The monoisotopic (exact) mass is 289 g/mol. The molecule has 1 heterocycles. The van der Waals surface area contributed by atoms with Gasteiger partial charge in [0.1, 0.15) is 5.82 Å². The van der Waals surface area contributed by atoms with Gasteiger partial charge in [0.15, 0.2) is 17.3 Å². The minimum absolute atomic E-state index is 0.453. The molecule has 0 aliphatic carbocycles. The molecule has 21 heavy (non-hydrogen) atoms. The summed E-state index contributed by atoms with van der Waals surface area (Å²) in [5, 5.41) is 0. The molecule has 0 fully saturated rings. The van der Waals surface area contributed by atoms with Crippen LogP contribution in [0.5, 0.6) is 17.2 Å². The molecule has 2 aromatic rings. The van der Waals surface area contributed by atoms with Crippen LogP contribution in [0.25, 0.3) is 11.4 Å². The van der Waals surface area contributed by atoms with Crippen molar-refractivity contribution < 1.29 is 14.2 Å². The van der Waals surface area contributed by atoms with E-state index in [-0.39, 0.29) is 0 Å². The van der Waals surface area contributed by atoms with E-state index < -0.39 is 0 Å². The maximum absolute atomic E-state index is 5.93. The third-order valence-electron chi connectivity index (χ3n) is 3.37. The lowest BCUT2D eigenvalue weighted by molar-refractivity contribution is 0.325. The zero-order valence-corrected chi connectivity index (χ0v) is 12.9. The van der Waals surface area contributed by atoms with Gasteiger partial charge in [0, 0.05) is 11.3 Å². The number of nitrogens with two attached hydrogens (primary N) is 1. The molecule has 6 heteroatoms. The third kappa shape index (κ3) is 2.56. The Morgan fingerprint density at radius 1 is 0.905 bits per heavy atom. The Kier molecular flexibility index (Phi) is 4.16. The Bertz CT molecular complexity index is 648. The molecule has 0 aliphatic rings. The number of anilines is 1. The number of aryl methyl sites for hydroxylation is 1. The molecule has 6 nitrogen and oxygen atoms in total. The molecule has 0 saturated carbocycles. The van der Waals surface area contributed by atoms with E-state index in [9.17, 15) is 0 Å². The van der Waals surface area contributed by atoms with Crippen LogP contribution < -0.4 is 19.9 Å². The average molecular weight is 289 g/mol. The van der Waals surface area contributed by atoms with Crippen molar-refractivity contribution in [2.75, 3.05) is 27.1 Å². The average Bonchev–Trinajstić information content (AvgIpc) is 2.50. The number of benzene rings is 1. The van der Waals surface area contributed by atoms with Crippen molar-refractivity contribution in [1.82, 2.24) is 9.97 Å². The highest BCUT2D eigenvalue weighted by Crippen LogP contribution is 2.43. The van der Waals surface area contributed by atoms with Gasteiger partial charge in [-0.3, -0.25) is 0 Å². The normalized spacial score (nSPS) is 10.3. The van der Waals surface area contributed by atoms with E-state index in [1.165, 1.54) is 0 Å². The number of nitrogens with zero attached hydrogens (tertiary/aromatic N) is 2. The number of ether oxygens (including phenoxy) is 3. The van der Waals surface area contributed by atoms with Crippen molar-refractivity contribution >= 4 is 5.82 Å². The fraction of sp³-hybridized carbons (Fsp3) is 0.333. The highest BCUT2D eigenvalue weighted by atomic mass is 16.5. The number of hydrogen-bond acceptors (Lipinski definition) is 6. The van der Waals surface area contributed by atoms with E-state index in [2.05, 4.69) is 9.97 Å². The SMILES string of the molecule is COc1ccc(-c2nc(C)c(C)c(N)n2)c(OC)c1OC. The Hall–Kier alpha value is -2.50. The van der Waals surface area contributed by atoms with Gasteiger partial charge >= 0.3 is 0 Å². The standard InChI is InChI=1S/C15H19N3O3/c1-8-9(2)17-15(18-14(8)16)10-6-7-11(19-3)13(21-5)12(10)20-4/h6-7H,1-5H3,(H2,16,17,18). The molecule has 0 aliphatic heterocycles. The van der Waals surface area contributed by atoms with Crippen molar-refractivity contribution in [1.29, 1.82) is 0 Å². The van der Waals surface area contributed by atoms with Gasteiger partial charge < -0.3 is 19.9 Å². The maximum atomic E-state index is 5.93. The van der Waals surface area contributed by atoms with Crippen LogP contribution in [0.3, 0.4) is 0 Å². The number of aromatic nitrogens is 2. The first-order chi connectivity index (χ1) is 10.0. The highest BCUT2D eigenvalue weighted by molar-refractivity contribution is 5.73. The summed E-state index contributed by atoms with van der Waals surface area (Å²) < 4.78 is 16.1. The molecule has 2 rings (SSSR count). The lowest BCUT2D eigenvalue weighted by Gasteiger charge is -2.15.